The highest BCUT2D eigenvalue weighted by molar-refractivity contribution is 7.89. The van der Waals surface area contributed by atoms with Gasteiger partial charge in [0.2, 0.25) is 10.0 Å². The monoisotopic (exact) mass is 322 g/mol. The highest BCUT2D eigenvalue weighted by atomic mass is 32.2. The Morgan fingerprint density at radius 2 is 1.91 bits per heavy atom. The maximum absolute atomic E-state index is 11.4. The highest BCUT2D eigenvalue weighted by Gasteiger charge is 2.16. The van der Waals surface area contributed by atoms with E-state index in [1.165, 1.54) is 25.1 Å². The number of hydrogen-bond acceptors (Lipinski definition) is 7. The first-order valence-corrected chi connectivity index (χ1v) is 7.35. The van der Waals surface area contributed by atoms with Crippen molar-refractivity contribution in [3.05, 3.63) is 35.5 Å². The fourth-order valence-corrected chi connectivity index (χ4v) is 2.15. The average molecular weight is 322 g/mol. The molecular formula is C12H14N6O3S. The van der Waals surface area contributed by atoms with Crippen molar-refractivity contribution in [1.29, 1.82) is 5.26 Å². The number of para-hydroxylation sites is 1. The van der Waals surface area contributed by atoms with Gasteiger partial charge in [0.25, 0.3) is 5.91 Å². The zero-order chi connectivity index (χ0) is 16.9. The number of carbonyl (C=O) groups is 1. The Kier molecular flexibility index (Phi) is 5.23. The molecule has 0 saturated heterocycles. The van der Waals surface area contributed by atoms with Gasteiger partial charge in [0.15, 0.2) is 5.71 Å². The van der Waals surface area contributed by atoms with Crippen LogP contribution in [0.5, 0.6) is 0 Å². The van der Waals surface area contributed by atoms with Crippen molar-refractivity contribution in [2.45, 2.75) is 11.8 Å². The second-order valence-corrected chi connectivity index (χ2v) is 5.66. The number of carbonyl (C=O) groups excluding carboxylic acids is 1. The number of primary amides is 1. The summed E-state index contributed by atoms with van der Waals surface area (Å²) >= 11 is 0. The van der Waals surface area contributed by atoms with E-state index in [1.807, 2.05) is 0 Å². The Balaban J connectivity index is 3.31. The van der Waals surface area contributed by atoms with Crippen LogP contribution >= 0.6 is 0 Å². The quantitative estimate of drug-likeness (QED) is 0.317. The molecule has 0 radical (unpaired) electrons. The Morgan fingerprint density at radius 3 is 2.41 bits per heavy atom. The van der Waals surface area contributed by atoms with Crippen LogP contribution in [-0.2, 0) is 14.8 Å². The summed E-state index contributed by atoms with van der Waals surface area (Å²) in [5.74, 6) is -0.934. The third-order valence-corrected chi connectivity index (χ3v) is 3.56. The van der Waals surface area contributed by atoms with Gasteiger partial charge in [-0.15, -0.1) is 0 Å². The smallest absolute Gasteiger partial charge is 0.269 e. The molecule has 7 N–H and O–H groups in total. The minimum atomic E-state index is -3.98. The molecule has 0 aliphatic carbocycles. The largest absolute Gasteiger partial charge is 0.390 e. The molecule has 116 valence electrons. The molecular weight excluding hydrogens is 308 g/mol. The van der Waals surface area contributed by atoms with E-state index in [0.717, 1.165) is 0 Å². The number of primary sulfonamides is 1. The van der Waals surface area contributed by atoms with Gasteiger partial charge in [0.05, 0.1) is 5.69 Å². The second kappa shape index (κ2) is 6.70. The van der Waals surface area contributed by atoms with E-state index in [9.17, 15) is 13.2 Å². The third kappa shape index (κ3) is 4.05. The summed E-state index contributed by atoms with van der Waals surface area (Å²) in [6, 6.07) is 7.34. The minimum Gasteiger partial charge on any atom is -0.390 e. The van der Waals surface area contributed by atoms with Crippen LogP contribution in [0, 0.1) is 11.3 Å². The molecule has 0 unspecified atom stereocenters. The fraction of sp³-hybridized carbons (Fsp3) is 0.0833. The number of rotatable bonds is 5. The SMILES string of the molecule is CC(/C(=N/Nc1ccccc1S(N)(=O)=O)C(N)=O)=C(/N)C#N. The molecule has 0 atom stereocenters. The van der Waals surface area contributed by atoms with Crippen molar-refractivity contribution in [2.75, 3.05) is 5.43 Å². The molecule has 0 aliphatic rings. The number of nitrogens with two attached hydrogens (primary N) is 3. The summed E-state index contributed by atoms with van der Waals surface area (Å²) in [5, 5.41) is 17.5. The summed E-state index contributed by atoms with van der Waals surface area (Å²) in [6.07, 6.45) is 0. The summed E-state index contributed by atoms with van der Waals surface area (Å²) in [7, 11) is -3.98. The van der Waals surface area contributed by atoms with Gasteiger partial charge in [-0.3, -0.25) is 10.2 Å². The van der Waals surface area contributed by atoms with Gasteiger partial charge < -0.3 is 11.5 Å². The molecule has 0 fully saturated rings. The van der Waals surface area contributed by atoms with Crippen molar-refractivity contribution < 1.29 is 13.2 Å². The molecule has 1 rings (SSSR count). The molecule has 10 heteroatoms. The lowest BCUT2D eigenvalue weighted by atomic mass is 10.1. The number of hydrazone groups is 1. The maximum Gasteiger partial charge on any atom is 0.269 e. The van der Waals surface area contributed by atoms with Crippen LogP contribution in [0.15, 0.2) is 45.5 Å². The average Bonchev–Trinajstić information content (AvgIpc) is 2.45. The zero-order valence-corrected chi connectivity index (χ0v) is 12.4. The molecule has 0 heterocycles. The van der Waals surface area contributed by atoms with Gasteiger partial charge >= 0.3 is 0 Å². The van der Waals surface area contributed by atoms with Crippen LogP contribution in [0.1, 0.15) is 6.92 Å². The van der Waals surface area contributed by atoms with E-state index >= 15 is 0 Å². The summed E-state index contributed by atoms with van der Waals surface area (Å²) in [5.41, 5.74) is 12.5. The van der Waals surface area contributed by atoms with Crippen molar-refractivity contribution >= 4 is 27.3 Å². The van der Waals surface area contributed by atoms with Crippen LogP contribution in [0.3, 0.4) is 0 Å². The van der Waals surface area contributed by atoms with Gasteiger partial charge in [-0.1, -0.05) is 12.1 Å². The van der Waals surface area contributed by atoms with Gasteiger partial charge in [-0.25, -0.2) is 13.6 Å². The topological polar surface area (TPSA) is 177 Å². The lowest BCUT2D eigenvalue weighted by Crippen LogP contribution is -2.27. The van der Waals surface area contributed by atoms with Gasteiger partial charge in [-0.2, -0.15) is 10.4 Å². The van der Waals surface area contributed by atoms with Gasteiger partial charge in [0.1, 0.15) is 16.7 Å². The van der Waals surface area contributed by atoms with Crippen LogP contribution < -0.4 is 22.0 Å². The van der Waals surface area contributed by atoms with Crippen LogP contribution in [0.2, 0.25) is 0 Å². The van der Waals surface area contributed by atoms with Crippen LogP contribution in [0.25, 0.3) is 0 Å². The maximum atomic E-state index is 11.4. The number of nitrogens with one attached hydrogen (secondary N) is 1. The van der Waals surface area contributed by atoms with Gasteiger partial charge in [-0.05, 0) is 19.1 Å². The number of anilines is 1. The number of allylic oxidation sites excluding steroid dienone is 1. The zero-order valence-electron chi connectivity index (χ0n) is 11.6. The normalized spacial score (nSPS) is 13.0. The summed E-state index contributed by atoms with van der Waals surface area (Å²) in [4.78, 5) is 11.2. The van der Waals surface area contributed by atoms with Crippen LogP contribution in [0.4, 0.5) is 5.69 Å². The standard InChI is InChI=1S/C12H14N6O3S/c1-7(8(14)6-13)11(12(15)19)18-17-9-4-2-3-5-10(9)22(16,20)21/h2-5,17H,14H2,1H3,(H2,15,19)(H2,16,20,21)/b8-7-,18-11-. The third-order valence-electron chi connectivity index (χ3n) is 2.59. The molecule has 22 heavy (non-hydrogen) atoms. The van der Waals surface area contributed by atoms with Crippen LogP contribution in [-0.4, -0.2) is 20.0 Å². The molecule has 0 saturated carbocycles. The van der Waals surface area contributed by atoms with E-state index in [2.05, 4.69) is 10.5 Å². The van der Waals surface area contributed by atoms with E-state index in [1.54, 1.807) is 12.1 Å². The number of benzene rings is 1. The Morgan fingerprint density at radius 1 is 1.32 bits per heavy atom. The first kappa shape index (κ1) is 17.2. The first-order valence-electron chi connectivity index (χ1n) is 5.80. The Labute approximate surface area is 127 Å². The molecule has 0 bridgehead atoms. The predicted molar refractivity (Wildman–Crippen MR) is 80.6 cm³/mol. The van der Waals surface area contributed by atoms with Crippen molar-refractivity contribution in [1.82, 2.24) is 0 Å². The fourth-order valence-electron chi connectivity index (χ4n) is 1.46. The molecule has 1 amide bonds. The number of nitriles is 1. The molecule has 9 nitrogen and oxygen atoms in total. The number of amides is 1. The van der Waals surface area contributed by atoms with E-state index in [0.29, 0.717) is 0 Å². The number of nitrogens with zero attached hydrogens (tertiary/aromatic N) is 2. The molecule has 0 spiro atoms. The highest BCUT2D eigenvalue weighted by Crippen LogP contribution is 2.19. The number of sulfonamides is 1. The Bertz CT molecular complexity index is 804. The molecule has 1 aromatic carbocycles. The molecule has 0 aliphatic heterocycles. The minimum absolute atomic E-state index is 0.0482. The summed E-state index contributed by atoms with van der Waals surface area (Å²) in [6.45, 7) is 1.38. The van der Waals surface area contributed by atoms with E-state index < -0.39 is 15.9 Å². The predicted octanol–water partition coefficient (Wildman–Crippen LogP) is -0.657. The van der Waals surface area contributed by atoms with E-state index in [-0.39, 0.29) is 27.6 Å². The van der Waals surface area contributed by atoms with Crippen molar-refractivity contribution in [3.8, 4) is 6.07 Å². The first-order chi connectivity index (χ1) is 10.2. The molecule has 1 aromatic rings. The molecule has 0 aromatic heterocycles. The van der Waals surface area contributed by atoms with Crippen molar-refractivity contribution in [2.24, 2.45) is 21.7 Å². The summed E-state index contributed by atoms with van der Waals surface area (Å²) < 4.78 is 22.9. The second-order valence-electron chi connectivity index (χ2n) is 4.13. The van der Waals surface area contributed by atoms with Crippen molar-refractivity contribution in [3.63, 3.8) is 0 Å². The Hall–Kier alpha value is -2.90. The van der Waals surface area contributed by atoms with E-state index in [4.69, 9.17) is 21.9 Å². The lowest BCUT2D eigenvalue weighted by molar-refractivity contribution is -0.111. The lowest BCUT2D eigenvalue weighted by Gasteiger charge is -2.08. The van der Waals surface area contributed by atoms with Gasteiger partial charge in [0, 0.05) is 5.57 Å². The number of hydrogen-bond donors (Lipinski definition) is 4.